The Hall–Kier alpha value is -2.96. The largest absolute Gasteiger partial charge is 0.573 e. The van der Waals surface area contributed by atoms with Crippen LogP contribution in [0.15, 0.2) is 42.5 Å². The van der Waals surface area contributed by atoms with Crippen molar-refractivity contribution >= 4 is 0 Å². The van der Waals surface area contributed by atoms with Crippen LogP contribution in [0.25, 0.3) is 22.3 Å². The van der Waals surface area contributed by atoms with Crippen molar-refractivity contribution in [2.75, 3.05) is 0 Å². The Bertz CT molecular complexity index is 1110. The molecule has 0 aromatic heterocycles. The lowest BCUT2D eigenvalue weighted by Crippen LogP contribution is -2.19. The summed E-state index contributed by atoms with van der Waals surface area (Å²) in [4.78, 5) is 0. The molecular formula is C23H16F6O. The Morgan fingerprint density at radius 2 is 1.40 bits per heavy atom. The highest BCUT2D eigenvalue weighted by atomic mass is 19.4. The summed E-state index contributed by atoms with van der Waals surface area (Å²) in [5, 5.41) is 0. The Labute approximate surface area is 168 Å². The lowest BCUT2D eigenvalue weighted by molar-refractivity contribution is -0.276. The maximum Gasteiger partial charge on any atom is 0.573 e. The van der Waals surface area contributed by atoms with Crippen LogP contribution in [-0.2, 0) is 19.3 Å². The molecule has 0 saturated heterocycles. The zero-order valence-corrected chi connectivity index (χ0v) is 15.8. The molecule has 0 radical (unpaired) electrons. The van der Waals surface area contributed by atoms with E-state index in [1.54, 1.807) is 0 Å². The highest BCUT2D eigenvalue weighted by Crippen LogP contribution is 2.39. The van der Waals surface area contributed by atoms with Gasteiger partial charge >= 0.3 is 6.36 Å². The van der Waals surface area contributed by atoms with Gasteiger partial charge in [0.2, 0.25) is 5.75 Å². The van der Waals surface area contributed by atoms with E-state index in [0.29, 0.717) is 24.1 Å². The Morgan fingerprint density at radius 1 is 0.767 bits per heavy atom. The molecule has 0 bridgehead atoms. The Balaban J connectivity index is 1.77. The van der Waals surface area contributed by atoms with Crippen LogP contribution in [0.3, 0.4) is 0 Å². The van der Waals surface area contributed by atoms with E-state index in [1.807, 2.05) is 19.1 Å². The van der Waals surface area contributed by atoms with Crippen LogP contribution >= 0.6 is 0 Å². The SMILES string of the molecule is CCc1ccc2c(c1)CCc1cc(-c3cc(F)c(OC(F)(F)F)c(F)c3)c(F)cc1-2. The number of hydrogen-bond donors (Lipinski definition) is 0. The van der Waals surface area contributed by atoms with Gasteiger partial charge in [0.05, 0.1) is 0 Å². The molecular weight excluding hydrogens is 406 g/mol. The van der Waals surface area contributed by atoms with Crippen molar-refractivity contribution in [3.63, 3.8) is 0 Å². The highest BCUT2D eigenvalue weighted by molar-refractivity contribution is 5.78. The predicted molar refractivity (Wildman–Crippen MR) is 101 cm³/mol. The summed E-state index contributed by atoms with van der Waals surface area (Å²) in [5.41, 5.74) is 4.43. The quantitative estimate of drug-likeness (QED) is 0.413. The standard InChI is InChI=1S/C23H16F6O/c1-2-12-3-6-16-13(7-12)4-5-14-8-18(19(24)11-17(14)16)15-9-20(25)22(21(26)10-15)30-23(27,28)29/h3,6-11H,2,4-5H2,1H3. The molecule has 3 aromatic rings. The van der Waals surface area contributed by atoms with Gasteiger partial charge in [0, 0.05) is 5.56 Å². The smallest absolute Gasteiger partial charge is 0.399 e. The lowest BCUT2D eigenvalue weighted by atomic mass is 9.83. The van der Waals surface area contributed by atoms with Crippen LogP contribution in [0, 0.1) is 17.5 Å². The van der Waals surface area contributed by atoms with E-state index in [9.17, 15) is 26.3 Å². The van der Waals surface area contributed by atoms with Crippen molar-refractivity contribution in [3.8, 4) is 28.0 Å². The molecule has 0 N–H and O–H groups in total. The van der Waals surface area contributed by atoms with E-state index >= 15 is 0 Å². The van der Waals surface area contributed by atoms with Gasteiger partial charge in [-0.2, -0.15) is 0 Å². The Morgan fingerprint density at radius 3 is 2.00 bits per heavy atom. The normalized spacial score (nSPS) is 13.0. The van der Waals surface area contributed by atoms with E-state index in [4.69, 9.17) is 0 Å². The molecule has 0 fully saturated rings. The van der Waals surface area contributed by atoms with Crippen LogP contribution in [0.1, 0.15) is 23.6 Å². The van der Waals surface area contributed by atoms with Crippen molar-refractivity contribution < 1.29 is 31.1 Å². The van der Waals surface area contributed by atoms with Gasteiger partial charge in [-0.05, 0) is 76.9 Å². The van der Waals surface area contributed by atoms with Crippen LogP contribution in [0.2, 0.25) is 0 Å². The van der Waals surface area contributed by atoms with Crippen LogP contribution in [-0.4, -0.2) is 6.36 Å². The fourth-order valence-corrected chi connectivity index (χ4v) is 3.83. The molecule has 156 valence electrons. The molecule has 3 aromatic carbocycles. The minimum atomic E-state index is -5.24. The number of rotatable bonds is 3. The number of halogens is 6. The molecule has 1 aliphatic rings. The first-order valence-corrected chi connectivity index (χ1v) is 9.36. The molecule has 1 nitrogen and oxygen atoms in total. The van der Waals surface area contributed by atoms with E-state index in [0.717, 1.165) is 29.5 Å². The first-order valence-electron chi connectivity index (χ1n) is 9.36. The zero-order chi connectivity index (χ0) is 21.6. The molecule has 0 unspecified atom stereocenters. The second-order valence-electron chi connectivity index (χ2n) is 7.15. The number of hydrogen-bond acceptors (Lipinski definition) is 1. The van der Waals surface area contributed by atoms with Crippen molar-refractivity contribution in [3.05, 3.63) is 76.6 Å². The highest BCUT2D eigenvalue weighted by Gasteiger charge is 2.34. The van der Waals surface area contributed by atoms with Crippen molar-refractivity contribution in [1.82, 2.24) is 0 Å². The molecule has 30 heavy (non-hydrogen) atoms. The third-order valence-corrected chi connectivity index (χ3v) is 5.25. The van der Waals surface area contributed by atoms with Crippen LogP contribution < -0.4 is 4.74 Å². The molecule has 4 rings (SSSR count). The van der Waals surface area contributed by atoms with Gasteiger partial charge in [-0.1, -0.05) is 25.1 Å². The minimum Gasteiger partial charge on any atom is -0.399 e. The first-order chi connectivity index (χ1) is 14.2. The maximum absolute atomic E-state index is 14.9. The summed E-state index contributed by atoms with van der Waals surface area (Å²) in [6, 6.07) is 10.1. The summed E-state index contributed by atoms with van der Waals surface area (Å²) in [7, 11) is 0. The van der Waals surface area contributed by atoms with Gasteiger partial charge in [0.25, 0.3) is 0 Å². The van der Waals surface area contributed by atoms with Crippen molar-refractivity contribution in [1.29, 1.82) is 0 Å². The van der Waals surface area contributed by atoms with Gasteiger partial charge in [0.1, 0.15) is 5.82 Å². The fraction of sp³-hybridized carbons (Fsp3) is 0.217. The second kappa shape index (κ2) is 7.38. The molecule has 0 amide bonds. The number of alkyl halides is 3. The van der Waals surface area contributed by atoms with E-state index in [1.165, 1.54) is 17.7 Å². The first kappa shape index (κ1) is 20.3. The van der Waals surface area contributed by atoms with Gasteiger partial charge < -0.3 is 4.74 Å². The van der Waals surface area contributed by atoms with Gasteiger partial charge in [0.15, 0.2) is 11.6 Å². The van der Waals surface area contributed by atoms with E-state index in [2.05, 4.69) is 10.8 Å². The molecule has 0 heterocycles. The number of fused-ring (bicyclic) bond motifs is 3. The van der Waals surface area contributed by atoms with Crippen molar-refractivity contribution in [2.24, 2.45) is 0 Å². The van der Waals surface area contributed by atoms with Gasteiger partial charge in [-0.3, -0.25) is 0 Å². The Kier molecular flexibility index (Phi) is 5.00. The molecule has 1 aliphatic carbocycles. The summed E-state index contributed by atoms with van der Waals surface area (Å²) in [5.74, 6) is -5.40. The predicted octanol–water partition coefficient (Wildman–Crippen LogP) is 7.00. The summed E-state index contributed by atoms with van der Waals surface area (Å²) in [6.45, 7) is 2.05. The van der Waals surface area contributed by atoms with Gasteiger partial charge in [-0.15, -0.1) is 13.2 Å². The van der Waals surface area contributed by atoms with Crippen LogP contribution in [0.5, 0.6) is 5.75 Å². The van der Waals surface area contributed by atoms with E-state index < -0.39 is 29.6 Å². The third-order valence-electron chi connectivity index (χ3n) is 5.25. The van der Waals surface area contributed by atoms with Gasteiger partial charge in [-0.25, -0.2) is 13.2 Å². The average molecular weight is 422 g/mol. The molecule has 0 atom stereocenters. The molecule has 7 heteroatoms. The third kappa shape index (κ3) is 3.76. The maximum atomic E-state index is 14.9. The molecule has 0 aliphatic heterocycles. The fourth-order valence-electron chi connectivity index (χ4n) is 3.83. The zero-order valence-electron chi connectivity index (χ0n) is 15.8. The average Bonchev–Trinajstić information content (AvgIpc) is 2.69. The lowest BCUT2D eigenvalue weighted by Gasteiger charge is -2.22. The van der Waals surface area contributed by atoms with Crippen molar-refractivity contribution in [2.45, 2.75) is 32.5 Å². The molecule has 0 saturated carbocycles. The minimum absolute atomic E-state index is 0.0845. The number of ether oxygens (including phenoxy) is 1. The second-order valence-corrected chi connectivity index (χ2v) is 7.15. The number of benzene rings is 3. The summed E-state index contributed by atoms with van der Waals surface area (Å²) < 4.78 is 83.4. The van der Waals surface area contributed by atoms with E-state index in [-0.39, 0.29) is 11.1 Å². The summed E-state index contributed by atoms with van der Waals surface area (Å²) >= 11 is 0. The topological polar surface area (TPSA) is 9.23 Å². The van der Waals surface area contributed by atoms with Crippen LogP contribution in [0.4, 0.5) is 26.3 Å². The molecule has 0 spiro atoms. The summed E-state index contributed by atoms with van der Waals surface area (Å²) in [6.07, 6.45) is -3.00. The monoisotopic (exact) mass is 422 g/mol. The number of aryl methyl sites for hydroxylation is 3.